The van der Waals surface area contributed by atoms with E-state index in [-0.39, 0.29) is 0 Å². The van der Waals surface area contributed by atoms with Gasteiger partial charge in [0, 0.05) is 25.0 Å². The zero-order valence-corrected chi connectivity index (χ0v) is 11.1. The van der Waals surface area contributed by atoms with Crippen LogP contribution in [0.1, 0.15) is 56.4 Å². The standard InChI is InChI=1S/C16H24N2/c1-2-4-13(5-3-1)16(12-18-15-6-7-15)14-8-10-17-11-9-14/h8-11,13,15-16,18H,1-7,12H2. The molecule has 2 nitrogen and oxygen atoms in total. The van der Waals surface area contributed by atoms with E-state index in [1.165, 1.54) is 57.1 Å². The van der Waals surface area contributed by atoms with E-state index in [9.17, 15) is 0 Å². The third kappa shape index (κ3) is 3.11. The van der Waals surface area contributed by atoms with Gasteiger partial charge in [-0.25, -0.2) is 0 Å². The summed E-state index contributed by atoms with van der Waals surface area (Å²) in [5.41, 5.74) is 1.49. The quantitative estimate of drug-likeness (QED) is 0.857. The van der Waals surface area contributed by atoms with Gasteiger partial charge in [0.1, 0.15) is 0 Å². The van der Waals surface area contributed by atoms with Crippen LogP contribution in [0.2, 0.25) is 0 Å². The van der Waals surface area contributed by atoms with Gasteiger partial charge < -0.3 is 5.32 Å². The lowest BCUT2D eigenvalue weighted by Crippen LogP contribution is -2.29. The summed E-state index contributed by atoms with van der Waals surface area (Å²) in [5.74, 6) is 1.58. The number of hydrogen-bond donors (Lipinski definition) is 1. The molecule has 1 aromatic heterocycles. The van der Waals surface area contributed by atoms with E-state index in [1.807, 2.05) is 12.4 Å². The molecule has 1 atom stereocenters. The molecule has 0 aromatic carbocycles. The van der Waals surface area contributed by atoms with Crippen molar-refractivity contribution in [1.82, 2.24) is 10.3 Å². The summed E-state index contributed by atoms with van der Waals surface area (Å²) >= 11 is 0. The van der Waals surface area contributed by atoms with Gasteiger partial charge in [-0.3, -0.25) is 4.98 Å². The minimum Gasteiger partial charge on any atom is -0.313 e. The molecule has 1 heterocycles. The Kier molecular flexibility index (Phi) is 3.94. The second kappa shape index (κ2) is 5.83. The molecule has 2 aliphatic rings. The van der Waals surface area contributed by atoms with Gasteiger partial charge in [0.15, 0.2) is 0 Å². The summed E-state index contributed by atoms with van der Waals surface area (Å²) < 4.78 is 0. The van der Waals surface area contributed by atoms with E-state index in [2.05, 4.69) is 22.4 Å². The van der Waals surface area contributed by atoms with Crippen LogP contribution >= 0.6 is 0 Å². The molecular weight excluding hydrogens is 220 g/mol. The molecule has 0 bridgehead atoms. The molecule has 1 unspecified atom stereocenters. The third-order valence-corrected chi connectivity index (χ3v) is 4.56. The zero-order valence-electron chi connectivity index (χ0n) is 11.1. The second-order valence-corrected chi connectivity index (χ2v) is 5.97. The van der Waals surface area contributed by atoms with Gasteiger partial charge in [-0.15, -0.1) is 0 Å². The minimum absolute atomic E-state index is 0.703. The van der Waals surface area contributed by atoms with Crippen LogP contribution < -0.4 is 5.32 Å². The van der Waals surface area contributed by atoms with Crippen LogP contribution in [-0.4, -0.2) is 17.6 Å². The highest BCUT2D eigenvalue weighted by molar-refractivity contribution is 5.18. The van der Waals surface area contributed by atoms with Crippen molar-refractivity contribution < 1.29 is 0 Å². The lowest BCUT2D eigenvalue weighted by atomic mass is 9.77. The lowest BCUT2D eigenvalue weighted by Gasteiger charge is -2.31. The number of aromatic nitrogens is 1. The summed E-state index contributed by atoms with van der Waals surface area (Å²) in [6.07, 6.45) is 13.8. The first kappa shape index (κ1) is 12.2. The van der Waals surface area contributed by atoms with Crippen molar-refractivity contribution >= 4 is 0 Å². The van der Waals surface area contributed by atoms with Gasteiger partial charge >= 0.3 is 0 Å². The average molecular weight is 244 g/mol. The van der Waals surface area contributed by atoms with Crippen LogP contribution in [0.15, 0.2) is 24.5 Å². The largest absolute Gasteiger partial charge is 0.313 e. The maximum Gasteiger partial charge on any atom is 0.0270 e. The summed E-state index contributed by atoms with van der Waals surface area (Å²) in [7, 11) is 0. The predicted molar refractivity (Wildman–Crippen MR) is 74.6 cm³/mol. The Labute approximate surface area is 110 Å². The second-order valence-electron chi connectivity index (χ2n) is 5.97. The summed E-state index contributed by atoms with van der Waals surface area (Å²) in [6.45, 7) is 1.17. The van der Waals surface area contributed by atoms with Gasteiger partial charge in [0.05, 0.1) is 0 Å². The number of pyridine rings is 1. The smallest absolute Gasteiger partial charge is 0.0270 e. The van der Waals surface area contributed by atoms with E-state index in [0.717, 1.165) is 12.0 Å². The van der Waals surface area contributed by atoms with E-state index in [4.69, 9.17) is 0 Å². The van der Waals surface area contributed by atoms with Crippen molar-refractivity contribution in [2.24, 2.45) is 5.92 Å². The molecule has 1 N–H and O–H groups in total. The fourth-order valence-electron chi connectivity index (χ4n) is 3.28. The highest BCUT2D eigenvalue weighted by atomic mass is 14.9. The molecular formula is C16H24N2. The molecule has 1 aromatic rings. The van der Waals surface area contributed by atoms with Crippen molar-refractivity contribution in [3.8, 4) is 0 Å². The van der Waals surface area contributed by atoms with Gasteiger partial charge in [0.25, 0.3) is 0 Å². The Morgan fingerprint density at radius 2 is 1.78 bits per heavy atom. The highest BCUT2D eigenvalue weighted by Crippen LogP contribution is 2.36. The van der Waals surface area contributed by atoms with E-state index >= 15 is 0 Å². The Morgan fingerprint density at radius 3 is 2.44 bits per heavy atom. The Bertz CT molecular complexity index is 353. The number of rotatable bonds is 5. The molecule has 2 fully saturated rings. The summed E-state index contributed by atoms with van der Waals surface area (Å²) in [5, 5.41) is 3.73. The fourth-order valence-corrected chi connectivity index (χ4v) is 3.28. The first-order valence-corrected chi connectivity index (χ1v) is 7.57. The van der Waals surface area contributed by atoms with Gasteiger partial charge in [-0.1, -0.05) is 19.3 Å². The van der Waals surface area contributed by atoms with E-state index in [1.54, 1.807) is 0 Å². The topological polar surface area (TPSA) is 24.9 Å². The van der Waals surface area contributed by atoms with Crippen LogP contribution in [0, 0.1) is 5.92 Å². The maximum absolute atomic E-state index is 4.16. The van der Waals surface area contributed by atoms with Crippen molar-refractivity contribution in [3.05, 3.63) is 30.1 Å². The lowest BCUT2D eigenvalue weighted by molar-refractivity contribution is 0.296. The van der Waals surface area contributed by atoms with Gasteiger partial charge in [-0.05, 0) is 55.2 Å². The molecule has 0 aliphatic heterocycles. The Balaban J connectivity index is 1.69. The first-order valence-electron chi connectivity index (χ1n) is 7.57. The van der Waals surface area contributed by atoms with Gasteiger partial charge in [-0.2, -0.15) is 0 Å². The molecule has 0 spiro atoms. The van der Waals surface area contributed by atoms with E-state index < -0.39 is 0 Å². The minimum atomic E-state index is 0.703. The monoisotopic (exact) mass is 244 g/mol. The van der Waals surface area contributed by atoms with Crippen molar-refractivity contribution in [1.29, 1.82) is 0 Å². The van der Waals surface area contributed by atoms with Crippen LogP contribution in [0.5, 0.6) is 0 Å². The third-order valence-electron chi connectivity index (χ3n) is 4.56. The molecule has 0 radical (unpaired) electrons. The predicted octanol–water partition coefficient (Wildman–Crippen LogP) is 3.50. The molecule has 2 saturated carbocycles. The molecule has 2 aliphatic carbocycles. The first-order chi connectivity index (χ1) is 8.93. The van der Waals surface area contributed by atoms with Crippen LogP contribution in [0.3, 0.4) is 0 Å². The van der Waals surface area contributed by atoms with Crippen LogP contribution in [0.25, 0.3) is 0 Å². The van der Waals surface area contributed by atoms with Crippen molar-refractivity contribution in [3.63, 3.8) is 0 Å². The highest BCUT2D eigenvalue weighted by Gasteiger charge is 2.27. The molecule has 2 heteroatoms. The average Bonchev–Trinajstić information content (AvgIpc) is 3.26. The molecule has 3 rings (SSSR count). The SMILES string of the molecule is c1cc(C(CNC2CC2)C2CCCCC2)ccn1. The molecule has 0 saturated heterocycles. The molecule has 0 amide bonds. The maximum atomic E-state index is 4.16. The molecule has 98 valence electrons. The number of nitrogens with one attached hydrogen (secondary N) is 1. The zero-order chi connectivity index (χ0) is 12.2. The Morgan fingerprint density at radius 1 is 1.06 bits per heavy atom. The van der Waals surface area contributed by atoms with Crippen molar-refractivity contribution in [2.45, 2.75) is 56.9 Å². The summed E-state index contributed by atoms with van der Waals surface area (Å²) in [6, 6.07) is 5.25. The fraction of sp³-hybridized carbons (Fsp3) is 0.688. The molecule has 18 heavy (non-hydrogen) atoms. The number of hydrogen-bond acceptors (Lipinski definition) is 2. The van der Waals surface area contributed by atoms with Crippen molar-refractivity contribution in [2.75, 3.05) is 6.54 Å². The van der Waals surface area contributed by atoms with Crippen LogP contribution in [-0.2, 0) is 0 Å². The van der Waals surface area contributed by atoms with E-state index in [0.29, 0.717) is 5.92 Å². The number of nitrogens with zero attached hydrogens (tertiary/aromatic N) is 1. The summed E-state index contributed by atoms with van der Waals surface area (Å²) in [4.78, 5) is 4.16. The van der Waals surface area contributed by atoms with Gasteiger partial charge in [0.2, 0.25) is 0 Å². The van der Waals surface area contributed by atoms with Crippen LogP contribution in [0.4, 0.5) is 0 Å². The Hall–Kier alpha value is -0.890. The normalized spacial score (nSPS) is 22.9.